The zero-order valence-corrected chi connectivity index (χ0v) is 15.7. The number of likely N-dealkylation sites (tertiary alicyclic amines) is 1. The molecule has 0 bridgehead atoms. The van der Waals surface area contributed by atoms with Crippen molar-refractivity contribution in [1.82, 2.24) is 10.2 Å². The molecule has 0 unspecified atom stereocenters. The average Bonchev–Trinajstić information content (AvgIpc) is 3.20. The van der Waals surface area contributed by atoms with Gasteiger partial charge in [-0.25, -0.2) is 0 Å². The van der Waals surface area contributed by atoms with Gasteiger partial charge in [-0.05, 0) is 68.2 Å². The second-order valence-electron chi connectivity index (χ2n) is 7.04. The van der Waals surface area contributed by atoms with Gasteiger partial charge in [0.25, 0.3) is 0 Å². The first-order valence-electron chi connectivity index (χ1n) is 9.32. The van der Waals surface area contributed by atoms with Gasteiger partial charge < -0.3 is 15.1 Å². The first kappa shape index (κ1) is 20.9. The normalized spacial score (nSPS) is 15.8. The summed E-state index contributed by atoms with van der Waals surface area (Å²) in [6.07, 6.45) is -1.02. The Morgan fingerprint density at radius 2 is 1.76 bits per heavy atom. The van der Waals surface area contributed by atoms with Crippen molar-refractivity contribution in [2.75, 3.05) is 25.0 Å². The minimum Gasteiger partial charge on any atom is -0.468 e. The molecule has 2 N–H and O–H groups in total. The highest BCUT2D eigenvalue weighted by molar-refractivity contribution is 6.39. The topological polar surface area (TPSA) is 74.6 Å². The number of hydrogen-bond acceptors (Lipinski definition) is 4. The van der Waals surface area contributed by atoms with E-state index in [0.29, 0.717) is 6.54 Å². The molecule has 0 saturated carbocycles. The maximum Gasteiger partial charge on any atom is 0.416 e. The molecule has 1 aliphatic rings. The smallest absolute Gasteiger partial charge is 0.416 e. The molecule has 1 aromatic carbocycles. The number of rotatable bonds is 5. The molecular weight excluding hydrogens is 387 g/mol. The molecule has 9 heteroatoms. The molecule has 6 nitrogen and oxygen atoms in total. The second kappa shape index (κ2) is 9.13. The maximum absolute atomic E-state index is 12.5. The van der Waals surface area contributed by atoms with E-state index < -0.39 is 23.6 Å². The highest BCUT2D eigenvalue weighted by atomic mass is 19.4. The summed E-state index contributed by atoms with van der Waals surface area (Å²) >= 11 is 0. The molecule has 0 aliphatic carbocycles. The van der Waals surface area contributed by atoms with Gasteiger partial charge in [0, 0.05) is 12.2 Å². The molecule has 0 radical (unpaired) electrons. The number of nitrogens with one attached hydrogen (secondary N) is 2. The van der Waals surface area contributed by atoms with Crippen LogP contribution in [0, 0.1) is 5.92 Å². The lowest BCUT2D eigenvalue weighted by Gasteiger charge is -2.31. The summed E-state index contributed by atoms with van der Waals surface area (Å²) in [5, 5.41) is 4.90. The fourth-order valence-corrected chi connectivity index (χ4v) is 3.22. The molecule has 1 aromatic heterocycles. The van der Waals surface area contributed by atoms with Gasteiger partial charge in [0.15, 0.2) is 0 Å². The van der Waals surface area contributed by atoms with Gasteiger partial charge in [-0.15, -0.1) is 0 Å². The molecule has 156 valence electrons. The van der Waals surface area contributed by atoms with Crippen LogP contribution in [0.2, 0.25) is 0 Å². The quantitative estimate of drug-likeness (QED) is 0.744. The predicted molar refractivity (Wildman–Crippen MR) is 99.8 cm³/mol. The van der Waals surface area contributed by atoms with Crippen LogP contribution < -0.4 is 10.6 Å². The summed E-state index contributed by atoms with van der Waals surface area (Å²) < 4.78 is 43.0. The fraction of sp³-hybridized carbons (Fsp3) is 0.400. The third-order valence-electron chi connectivity index (χ3n) is 4.89. The molecule has 1 fully saturated rings. The molecule has 0 spiro atoms. The number of amides is 2. The van der Waals surface area contributed by atoms with Crippen molar-refractivity contribution in [1.29, 1.82) is 0 Å². The monoisotopic (exact) mass is 409 g/mol. The minimum atomic E-state index is -4.45. The SMILES string of the molecule is O=C(NCC1CCN(Cc2ccco2)CC1)C(=O)Nc1ccc(C(F)(F)F)cc1. The van der Waals surface area contributed by atoms with Crippen LogP contribution in [-0.2, 0) is 22.3 Å². The van der Waals surface area contributed by atoms with E-state index in [9.17, 15) is 22.8 Å². The number of hydrogen-bond donors (Lipinski definition) is 2. The molecule has 2 aromatic rings. The highest BCUT2D eigenvalue weighted by Crippen LogP contribution is 2.29. The van der Waals surface area contributed by atoms with Crippen LogP contribution in [0.4, 0.5) is 18.9 Å². The molecule has 3 rings (SSSR count). The largest absolute Gasteiger partial charge is 0.468 e. The van der Waals surface area contributed by atoms with Crippen molar-refractivity contribution in [2.24, 2.45) is 5.92 Å². The lowest BCUT2D eigenvalue weighted by Crippen LogP contribution is -2.41. The molecule has 29 heavy (non-hydrogen) atoms. The zero-order chi connectivity index (χ0) is 20.9. The van der Waals surface area contributed by atoms with Crippen LogP contribution in [0.5, 0.6) is 0 Å². The molecular formula is C20H22F3N3O3. The van der Waals surface area contributed by atoms with Gasteiger partial charge in [-0.3, -0.25) is 14.5 Å². The number of carbonyl (C=O) groups is 2. The Hall–Kier alpha value is -2.81. The third kappa shape index (κ3) is 6.08. The van der Waals surface area contributed by atoms with Crippen LogP contribution >= 0.6 is 0 Å². The fourth-order valence-electron chi connectivity index (χ4n) is 3.22. The lowest BCUT2D eigenvalue weighted by atomic mass is 9.96. The summed E-state index contributed by atoms with van der Waals surface area (Å²) in [5.41, 5.74) is -0.692. The van der Waals surface area contributed by atoms with E-state index in [4.69, 9.17) is 4.42 Å². The summed E-state index contributed by atoms with van der Waals surface area (Å²) in [5.74, 6) is -0.523. The number of carbonyl (C=O) groups excluding carboxylic acids is 2. The highest BCUT2D eigenvalue weighted by Gasteiger charge is 2.30. The Balaban J connectivity index is 1.38. The molecule has 0 atom stereocenters. The summed E-state index contributed by atoms with van der Waals surface area (Å²) in [4.78, 5) is 26.2. The van der Waals surface area contributed by atoms with E-state index in [0.717, 1.165) is 62.5 Å². The van der Waals surface area contributed by atoms with Gasteiger partial charge in [-0.2, -0.15) is 13.2 Å². The number of nitrogens with zero attached hydrogens (tertiary/aromatic N) is 1. The van der Waals surface area contributed by atoms with Crippen molar-refractivity contribution in [2.45, 2.75) is 25.6 Å². The van der Waals surface area contributed by atoms with Crippen LogP contribution in [0.3, 0.4) is 0 Å². The number of piperidine rings is 1. The van der Waals surface area contributed by atoms with E-state index in [2.05, 4.69) is 15.5 Å². The second-order valence-corrected chi connectivity index (χ2v) is 7.04. The van der Waals surface area contributed by atoms with E-state index in [-0.39, 0.29) is 11.6 Å². The van der Waals surface area contributed by atoms with E-state index in [1.54, 1.807) is 6.26 Å². The van der Waals surface area contributed by atoms with E-state index in [1.807, 2.05) is 12.1 Å². The van der Waals surface area contributed by atoms with Crippen molar-refractivity contribution in [3.63, 3.8) is 0 Å². The van der Waals surface area contributed by atoms with E-state index in [1.165, 1.54) is 0 Å². The van der Waals surface area contributed by atoms with Crippen molar-refractivity contribution < 1.29 is 27.2 Å². The minimum absolute atomic E-state index is 0.129. The Labute approximate surface area is 166 Å². The summed E-state index contributed by atoms with van der Waals surface area (Å²) in [6.45, 7) is 2.88. The number of anilines is 1. The Morgan fingerprint density at radius 1 is 1.07 bits per heavy atom. The number of alkyl halides is 3. The van der Waals surface area contributed by atoms with Gasteiger partial charge >= 0.3 is 18.0 Å². The molecule has 1 saturated heterocycles. The Bertz CT molecular complexity index is 812. The summed E-state index contributed by atoms with van der Waals surface area (Å²) in [6, 6.07) is 7.72. The Kier molecular flexibility index (Phi) is 6.58. The molecule has 2 amide bonds. The van der Waals surface area contributed by atoms with Crippen molar-refractivity contribution in [3.05, 3.63) is 54.0 Å². The van der Waals surface area contributed by atoms with Crippen LogP contribution in [0.15, 0.2) is 47.1 Å². The van der Waals surface area contributed by atoms with Crippen LogP contribution in [0.25, 0.3) is 0 Å². The van der Waals surface area contributed by atoms with Gasteiger partial charge in [0.05, 0.1) is 18.4 Å². The lowest BCUT2D eigenvalue weighted by molar-refractivity contribution is -0.137. The number of halogens is 3. The van der Waals surface area contributed by atoms with Crippen molar-refractivity contribution in [3.8, 4) is 0 Å². The van der Waals surface area contributed by atoms with E-state index >= 15 is 0 Å². The molecule has 2 heterocycles. The van der Waals surface area contributed by atoms with Crippen LogP contribution in [0.1, 0.15) is 24.2 Å². The average molecular weight is 409 g/mol. The molecule has 1 aliphatic heterocycles. The van der Waals surface area contributed by atoms with Gasteiger partial charge in [0.1, 0.15) is 5.76 Å². The number of benzene rings is 1. The van der Waals surface area contributed by atoms with Gasteiger partial charge in [-0.1, -0.05) is 0 Å². The third-order valence-corrected chi connectivity index (χ3v) is 4.89. The first-order chi connectivity index (χ1) is 13.8. The Morgan fingerprint density at radius 3 is 2.34 bits per heavy atom. The number of furan rings is 1. The zero-order valence-electron chi connectivity index (χ0n) is 15.7. The summed E-state index contributed by atoms with van der Waals surface area (Å²) in [7, 11) is 0. The standard InChI is InChI=1S/C20H22F3N3O3/c21-20(22,23)15-3-5-16(6-4-15)25-19(28)18(27)24-12-14-7-9-26(10-8-14)13-17-2-1-11-29-17/h1-6,11,14H,7-10,12-13H2,(H,24,27)(H,25,28). The first-order valence-corrected chi connectivity index (χ1v) is 9.32. The van der Waals surface area contributed by atoms with Gasteiger partial charge in [0.2, 0.25) is 0 Å². The van der Waals surface area contributed by atoms with Crippen molar-refractivity contribution >= 4 is 17.5 Å². The maximum atomic E-state index is 12.5. The predicted octanol–water partition coefficient (Wildman–Crippen LogP) is 3.27. The van der Waals surface area contributed by atoms with Crippen LogP contribution in [-0.4, -0.2) is 36.3 Å².